The van der Waals surface area contributed by atoms with E-state index in [9.17, 15) is 13.2 Å². The van der Waals surface area contributed by atoms with Gasteiger partial charge in [0.25, 0.3) is 10.2 Å². The Morgan fingerprint density at radius 1 is 1.39 bits per heavy atom. The molecule has 0 radical (unpaired) electrons. The highest BCUT2D eigenvalue weighted by molar-refractivity contribution is 7.90. The van der Waals surface area contributed by atoms with Gasteiger partial charge in [-0.15, -0.1) is 0 Å². The third kappa shape index (κ3) is 2.99. The van der Waals surface area contributed by atoms with Gasteiger partial charge >= 0.3 is 5.97 Å². The highest BCUT2D eigenvalue weighted by atomic mass is 32.2. The van der Waals surface area contributed by atoms with Crippen LogP contribution in [0.5, 0.6) is 0 Å². The predicted molar refractivity (Wildman–Crippen MR) is 66.8 cm³/mol. The Bertz CT molecular complexity index is 579. The molecule has 0 aliphatic heterocycles. The van der Waals surface area contributed by atoms with Gasteiger partial charge in [0.2, 0.25) is 0 Å². The van der Waals surface area contributed by atoms with Crippen molar-refractivity contribution in [3.8, 4) is 0 Å². The molecule has 0 atom stereocenters. The summed E-state index contributed by atoms with van der Waals surface area (Å²) in [6.07, 6.45) is 1.64. The lowest BCUT2D eigenvalue weighted by atomic mass is 10.1. The normalized spacial score (nSPS) is 15.4. The molecule has 1 aliphatic rings. The van der Waals surface area contributed by atoms with Crippen molar-refractivity contribution in [2.75, 3.05) is 4.72 Å². The monoisotopic (exact) mass is 270 g/mol. The molecule has 0 heterocycles. The maximum absolute atomic E-state index is 11.7. The SMILES string of the molecule is Cc1cccc(NS(=O)(=O)NC2CC2)c1C(=O)O. The molecule has 0 unspecified atom stereocenters. The van der Waals surface area contributed by atoms with E-state index in [-0.39, 0.29) is 17.3 Å². The van der Waals surface area contributed by atoms with Crippen LogP contribution in [0.4, 0.5) is 5.69 Å². The molecule has 0 aromatic heterocycles. The van der Waals surface area contributed by atoms with Crippen LogP contribution in [0.3, 0.4) is 0 Å². The van der Waals surface area contributed by atoms with Gasteiger partial charge < -0.3 is 5.11 Å². The summed E-state index contributed by atoms with van der Waals surface area (Å²) in [5.41, 5.74) is 0.559. The fourth-order valence-corrected chi connectivity index (χ4v) is 2.82. The summed E-state index contributed by atoms with van der Waals surface area (Å²) >= 11 is 0. The van der Waals surface area contributed by atoms with Gasteiger partial charge in [-0.25, -0.2) is 4.79 Å². The Morgan fingerprint density at radius 3 is 2.61 bits per heavy atom. The van der Waals surface area contributed by atoms with Crippen molar-refractivity contribution in [1.29, 1.82) is 0 Å². The second-order valence-corrected chi connectivity index (χ2v) is 5.75. The fourth-order valence-electron chi connectivity index (χ4n) is 1.63. The third-order valence-corrected chi connectivity index (χ3v) is 3.76. The zero-order valence-electron chi connectivity index (χ0n) is 9.80. The lowest BCUT2D eigenvalue weighted by molar-refractivity contribution is 0.0697. The van der Waals surface area contributed by atoms with Gasteiger partial charge in [0.1, 0.15) is 0 Å². The average Bonchev–Trinajstić information content (AvgIpc) is 2.99. The van der Waals surface area contributed by atoms with Crippen LogP contribution in [-0.4, -0.2) is 25.5 Å². The number of nitrogens with one attached hydrogen (secondary N) is 2. The van der Waals surface area contributed by atoms with E-state index >= 15 is 0 Å². The first-order valence-electron chi connectivity index (χ1n) is 5.52. The highest BCUT2D eigenvalue weighted by Crippen LogP contribution is 2.23. The van der Waals surface area contributed by atoms with E-state index in [4.69, 9.17) is 5.11 Å². The van der Waals surface area contributed by atoms with Gasteiger partial charge in [-0.05, 0) is 31.4 Å². The van der Waals surface area contributed by atoms with E-state index in [2.05, 4.69) is 9.44 Å². The molecule has 3 N–H and O–H groups in total. The Morgan fingerprint density at radius 2 is 2.06 bits per heavy atom. The van der Waals surface area contributed by atoms with Crippen molar-refractivity contribution < 1.29 is 18.3 Å². The summed E-state index contributed by atoms with van der Waals surface area (Å²) in [4.78, 5) is 11.1. The molecule has 98 valence electrons. The molecule has 1 aromatic rings. The molecule has 0 bridgehead atoms. The quantitative estimate of drug-likeness (QED) is 0.746. The molecule has 7 heteroatoms. The van der Waals surface area contributed by atoms with E-state index in [0.717, 1.165) is 12.8 Å². The third-order valence-electron chi connectivity index (χ3n) is 2.63. The Hall–Kier alpha value is -1.60. The minimum atomic E-state index is -3.71. The highest BCUT2D eigenvalue weighted by Gasteiger charge is 2.27. The molecule has 6 nitrogen and oxygen atoms in total. The predicted octanol–water partition coefficient (Wildman–Crippen LogP) is 1.10. The Balaban J connectivity index is 2.28. The largest absolute Gasteiger partial charge is 0.478 e. The Labute approximate surface area is 105 Å². The van der Waals surface area contributed by atoms with Crippen LogP contribution < -0.4 is 9.44 Å². The molecule has 0 amide bonds. The smallest absolute Gasteiger partial charge is 0.338 e. The zero-order valence-corrected chi connectivity index (χ0v) is 10.6. The number of anilines is 1. The molecule has 0 saturated heterocycles. The van der Waals surface area contributed by atoms with Gasteiger partial charge in [-0.2, -0.15) is 13.1 Å². The number of aromatic carboxylic acids is 1. The van der Waals surface area contributed by atoms with E-state index < -0.39 is 16.2 Å². The van der Waals surface area contributed by atoms with Crippen LogP contribution in [0.25, 0.3) is 0 Å². The van der Waals surface area contributed by atoms with Crippen molar-refractivity contribution in [2.24, 2.45) is 0 Å². The fraction of sp³-hybridized carbons (Fsp3) is 0.364. The molecule has 0 spiro atoms. The molecular formula is C11H14N2O4S. The van der Waals surface area contributed by atoms with Crippen molar-refractivity contribution in [3.63, 3.8) is 0 Å². The second kappa shape index (κ2) is 4.58. The van der Waals surface area contributed by atoms with Gasteiger partial charge in [0.05, 0.1) is 11.3 Å². The lowest BCUT2D eigenvalue weighted by Crippen LogP contribution is -2.32. The number of carboxylic acids is 1. The van der Waals surface area contributed by atoms with Gasteiger partial charge in [0.15, 0.2) is 0 Å². The lowest BCUT2D eigenvalue weighted by Gasteiger charge is -2.12. The summed E-state index contributed by atoms with van der Waals surface area (Å²) < 4.78 is 28.1. The minimum Gasteiger partial charge on any atom is -0.478 e. The van der Waals surface area contributed by atoms with Crippen LogP contribution in [0.1, 0.15) is 28.8 Å². The van der Waals surface area contributed by atoms with Gasteiger partial charge in [0, 0.05) is 6.04 Å². The van der Waals surface area contributed by atoms with Crippen LogP contribution in [-0.2, 0) is 10.2 Å². The number of benzene rings is 1. The molecular weight excluding hydrogens is 256 g/mol. The topological polar surface area (TPSA) is 95.5 Å². The summed E-state index contributed by atoms with van der Waals surface area (Å²) in [5, 5.41) is 9.08. The summed E-state index contributed by atoms with van der Waals surface area (Å²) in [7, 11) is -3.71. The number of carbonyl (C=O) groups is 1. The van der Waals surface area contributed by atoms with Crippen LogP contribution in [0, 0.1) is 6.92 Å². The summed E-state index contributed by atoms with van der Waals surface area (Å²) in [5.74, 6) is -1.16. The number of hydrogen-bond acceptors (Lipinski definition) is 3. The van der Waals surface area contributed by atoms with Gasteiger partial charge in [-0.3, -0.25) is 4.72 Å². The number of hydrogen-bond donors (Lipinski definition) is 3. The second-order valence-electron chi connectivity index (χ2n) is 4.30. The molecule has 1 saturated carbocycles. The maximum Gasteiger partial charge on any atom is 0.338 e. The van der Waals surface area contributed by atoms with E-state index in [1.54, 1.807) is 19.1 Å². The van der Waals surface area contributed by atoms with E-state index in [1.807, 2.05) is 0 Å². The average molecular weight is 270 g/mol. The first-order chi connectivity index (χ1) is 8.39. The molecule has 1 aliphatic carbocycles. The van der Waals surface area contributed by atoms with Crippen molar-refractivity contribution in [3.05, 3.63) is 29.3 Å². The van der Waals surface area contributed by atoms with Crippen LogP contribution >= 0.6 is 0 Å². The number of aryl methyl sites for hydroxylation is 1. The molecule has 2 rings (SSSR count). The van der Waals surface area contributed by atoms with E-state index in [0.29, 0.717) is 5.56 Å². The molecule has 1 fully saturated rings. The van der Waals surface area contributed by atoms with Crippen molar-refractivity contribution in [2.45, 2.75) is 25.8 Å². The van der Waals surface area contributed by atoms with E-state index in [1.165, 1.54) is 6.07 Å². The van der Waals surface area contributed by atoms with Crippen LogP contribution in [0.15, 0.2) is 18.2 Å². The molecule has 18 heavy (non-hydrogen) atoms. The summed E-state index contributed by atoms with van der Waals surface area (Å²) in [6, 6.07) is 4.63. The first-order valence-corrected chi connectivity index (χ1v) is 7.00. The Kier molecular flexibility index (Phi) is 3.27. The van der Waals surface area contributed by atoms with Crippen molar-refractivity contribution in [1.82, 2.24) is 4.72 Å². The zero-order chi connectivity index (χ0) is 13.3. The van der Waals surface area contributed by atoms with Gasteiger partial charge in [-0.1, -0.05) is 12.1 Å². The summed E-state index contributed by atoms with van der Waals surface area (Å²) in [6.45, 7) is 1.62. The molecule has 1 aromatic carbocycles. The first kappa shape index (κ1) is 12.8. The maximum atomic E-state index is 11.7. The standard InChI is InChI=1S/C11H14N2O4S/c1-7-3-2-4-9(10(7)11(14)15)13-18(16,17)12-8-5-6-8/h2-4,8,12-13H,5-6H2,1H3,(H,14,15). The number of rotatable bonds is 5. The minimum absolute atomic E-state index is 0.0272. The van der Waals surface area contributed by atoms with Crippen LogP contribution in [0.2, 0.25) is 0 Å². The number of carboxylic acid groups (broad SMARTS) is 1. The van der Waals surface area contributed by atoms with Crippen molar-refractivity contribution >= 4 is 21.9 Å².